The fourth-order valence-corrected chi connectivity index (χ4v) is 3.93. The van der Waals surface area contributed by atoms with Gasteiger partial charge in [-0.2, -0.15) is 15.0 Å². The number of imidazole rings is 1. The Morgan fingerprint density at radius 3 is 1.94 bits per heavy atom. The minimum absolute atomic E-state index is 0.00703. The van der Waals surface area contributed by atoms with E-state index in [1.165, 1.54) is 10.6 Å². The van der Waals surface area contributed by atoms with E-state index in [0.29, 0.717) is 64.5 Å². The molecule has 1 amide bonds. The van der Waals surface area contributed by atoms with Crippen LogP contribution >= 0.6 is 0 Å². The van der Waals surface area contributed by atoms with E-state index < -0.39 is 18.2 Å². The lowest BCUT2D eigenvalue weighted by molar-refractivity contribution is 0.100. The summed E-state index contributed by atoms with van der Waals surface area (Å²) in [5.74, 6) is -0.626. The fourth-order valence-electron chi connectivity index (χ4n) is 3.93. The second-order valence-corrected chi connectivity index (χ2v) is 7.58. The molecule has 11 nitrogen and oxygen atoms in total. The van der Waals surface area contributed by atoms with Crippen LogP contribution in [-0.2, 0) is 9.47 Å². The van der Waals surface area contributed by atoms with Gasteiger partial charge in [0.1, 0.15) is 5.52 Å². The van der Waals surface area contributed by atoms with Gasteiger partial charge in [0, 0.05) is 26.2 Å². The molecular weight excluding hydrogens is 438 g/mol. The Balaban J connectivity index is 1.71. The minimum Gasteiger partial charge on any atom is -0.378 e. The van der Waals surface area contributed by atoms with Crippen LogP contribution in [-0.4, -0.2) is 83.0 Å². The predicted octanol–water partition coefficient (Wildman–Crippen LogP) is 0.920. The van der Waals surface area contributed by atoms with Gasteiger partial charge in [0.05, 0.1) is 37.5 Å². The van der Waals surface area contributed by atoms with Gasteiger partial charge in [0.15, 0.2) is 5.82 Å². The number of ether oxygens (including phenoxy) is 2. The number of alkyl halides is 2. The van der Waals surface area contributed by atoms with E-state index >= 15 is 0 Å². The molecule has 0 radical (unpaired) electrons. The molecule has 2 aromatic heterocycles. The number of fused-ring (bicyclic) bond motifs is 1. The molecule has 174 valence electrons. The van der Waals surface area contributed by atoms with Crippen molar-refractivity contribution in [1.29, 1.82) is 0 Å². The van der Waals surface area contributed by atoms with E-state index in [0.717, 1.165) is 0 Å². The van der Waals surface area contributed by atoms with Crippen LogP contribution in [0.15, 0.2) is 18.2 Å². The van der Waals surface area contributed by atoms with Crippen LogP contribution in [0.25, 0.3) is 17.0 Å². The molecule has 0 atom stereocenters. The van der Waals surface area contributed by atoms with Crippen molar-refractivity contribution in [3.05, 3.63) is 29.6 Å². The monoisotopic (exact) mass is 460 g/mol. The Morgan fingerprint density at radius 1 is 0.879 bits per heavy atom. The highest BCUT2D eigenvalue weighted by Crippen LogP contribution is 2.30. The molecule has 2 N–H and O–H groups in total. The van der Waals surface area contributed by atoms with Crippen LogP contribution in [0.1, 0.15) is 22.6 Å². The van der Waals surface area contributed by atoms with Crippen molar-refractivity contribution in [2.45, 2.75) is 6.43 Å². The van der Waals surface area contributed by atoms with Crippen LogP contribution in [0, 0.1) is 0 Å². The lowest BCUT2D eigenvalue weighted by Gasteiger charge is -2.30. The van der Waals surface area contributed by atoms with Crippen LogP contribution in [0.2, 0.25) is 0 Å². The highest BCUT2D eigenvalue weighted by atomic mass is 19.3. The molecule has 3 aromatic rings. The number of amides is 1. The quantitative estimate of drug-likeness (QED) is 0.592. The molecule has 0 unspecified atom stereocenters. The van der Waals surface area contributed by atoms with Crippen molar-refractivity contribution >= 4 is 28.8 Å². The average molecular weight is 460 g/mol. The van der Waals surface area contributed by atoms with Gasteiger partial charge in [-0.05, 0) is 12.1 Å². The summed E-state index contributed by atoms with van der Waals surface area (Å²) in [5.41, 5.74) is 5.82. The molecular formula is C20H22F2N8O3. The molecule has 1 aromatic carbocycles. The summed E-state index contributed by atoms with van der Waals surface area (Å²) in [7, 11) is 0. The first kappa shape index (κ1) is 21.4. The number of nitrogens with two attached hydrogens (primary N) is 1. The second-order valence-electron chi connectivity index (χ2n) is 7.58. The van der Waals surface area contributed by atoms with Gasteiger partial charge < -0.3 is 25.0 Å². The van der Waals surface area contributed by atoms with E-state index in [1.54, 1.807) is 12.1 Å². The maximum atomic E-state index is 14.1. The van der Waals surface area contributed by atoms with E-state index in [-0.39, 0.29) is 22.5 Å². The number of morpholine rings is 2. The first-order valence-corrected chi connectivity index (χ1v) is 10.5. The molecule has 0 spiro atoms. The largest absolute Gasteiger partial charge is 0.378 e. The number of anilines is 2. The van der Waals surface area contributed by atoms with E-state index in [2.05, 4.69) is 19.9 Å². The Kier molecular flexibility index (Phi) is 5.72. The maximum Gasteiger partial charge on any atom is 0.296 e. The number of benzene rings is 1. The summed E-state index contributed by atoms with van der Waals surface area (Å²) in [6, 6.07) is 4.58. The Bertz CT molecular complexity index is 1140. The number of primary amides is 1. The summed E-state index contributed by atoms with van der Waals surface area (Å²) in [6.07, 6.45) is -2.94. The zero-order chi connectivity index (χ0) is 22.9. The van der Waals surface area contributed by atoms with E-state index in [4.69, 9.17) is 15.2 Å². The van der Waals surface area contributed by atoms with Crippen molar-refractivity contribution in [1.82, 2.24) is 24.5 Å². The number of hydrogen-bond donors (Lipinski definition) is 1. The van der Waals surface area contributed by atoms with Crippen LogP contribution in [0.5, 0.6) is 0 Å². The molecule has 13 heteroatoms. The standard InChI is InChI=1S/C20H22F2N8O3/c21-15(22)17-24-14-12(16(23)31)2-1-3-13(14)30(17)20-26-18(28-4-8-32-9-5-28)25-19(27-20)29-6-10-33-11-7-29/h1-3,15H,4-11H2,(H2,23,31). The lowest BCUT2D eigenvalue weighted by atomic mass is 10.2. The summed E-state index contributed by atoms with van der Waals surface area (Å²) in [5, 5.41) is 0. The Hall–Kier alpha value is -3.45. The number of nitrogens with zero attached hydrogens (tertiary/aromatic N) is 7. The zero-order valence-corrected chi connectivity index (χ0v) is 17.7. The molecule has 0 saturated carbocycles. The molecule has 5 rings (SSSR count). The highest BCUT2D eigenvalue weighted by Gasteiger charge is 2.27. The molecule has 2 fully saturated rings. The van der Waals surface area contributed by atoms with Crippen LogP contribution < -0.4 is 15.5 Å². The lowest BCUT2D eigenvalue weighted by Crippen LogP contribution is -2.40. The van der Waals surface area contributed by atoms with Gasteiger partial charge in [-0.15, -0.1) is 0 Å². The molecule has 2 aliphatic heterocycles. The van der Waals surface area contributed by atoms with E-state index in [9.17, 15) is 13.6 Å². The summed E-state index contributed by atoms with van der Waals surface area (Å²) in [4.78, 5) is 33.4. The molecule has 2 aliphatic rings. The SMILES string of the molecule is NC(=O)c1cccc2c1nc(C(F)F)n2-c1nc(N2CCOCC2)nc(N2CCOCC2)n1. The van der Waals surface area contributed by atoms with Gasteiger partial charge in [-0.3, -0.25) is 9.36 Å². The topological polar surface area (TPSA) is 125 Å². The van der Waals surface area contributed by atoms with Crippen molar-refractivity contribution < 1.29 is 23.0 Å². The Labute approximate surface area is 187 Å². The van der Waals surface area contributed by atoms with Gasteiger partial charge in [-0.1, -0.05) is 6.07 Å². The number of para-hydroxylation sites is 1. The molecule has 0 bridgehead atoms. The number of halogens is 2. The second kappa shape index (κ2) is 8.83. The number of rotatable bonds is 5. The van der Waals surface area contributed by atoms with Gasteiger partial charge >= 0.3 is 0 Å². The Morgan fingerprint density at radius 2 is 1.42 bits per heavy atom. The van der Waals surface area contributed by atoms with Crippen molar-refractivity contribution in [2.24, 2.45) is 5.73 Å². The highest BCUT2D eigenvalue weighted by molar-refractivity contribution is 6.04. The molecule has 33 heavy (non-hydrogen) atoms. The smallest absolute Gasteiger partial charge is 0.296 e. The fraction of sp³-hybridized carbons (Fsp3) is 0.450. The third kappa shape index (κ3) is 4.04. The minimum atomic E-state index is -2.94. The van der Waals surface area contributed by atoms with Crippen LogP contribution in [0.4, 0.5) is 20.7 Å². The molecule has 4 heterocycles. The maximum absolute atomic E-state index is 14.1. The molecule has 2 saturated heterocycles. The number of carbonyl (C=O) groups excluding carboxylic acids is 1. The van der Waals surface area contributed by atoms with Gasteiger partial charge in [0.2, 0.25) is 17.8 Å². The summed E-state index contributed by atoms with van der Waals surface area (Å²) < 4.78 is 40.1. The first-order valence-electron chi connectivity index (χ1n) is 10.5. The van der Waals surface area contributed by atoms with Crippen molar-refractivity contribution in [3.8, 4) is 5.95 Å². The molecule has 0 aliphatic carbocycles. The van der Waals surface area contributed by atoms with Crippen molar-refractivity contribution in [3.63, 3.8) is 0 Å². The number of hydrogen-bond acceptors (Lipinski definition) is 9. The zero-order valence-electron chi connectivity index (χ0n) is 17.7. The first-order chi connectivity index (χ1) is 16.0. The normalized spacial score (nSPS) is 17.2. The summed E-state index contributed by atoms with van der Waals surface area (Å²) >= 11 is 0. The number of carbonyl (C=O) groups is 1. The third-order valence-corrected chi connectivity index (χ3v) is 5.56. The van der Waals surface area contributed by atoms with E-state index in [1.807, 2.05) is 9.80 Å². The van der Waals surface area contributed by atoms with Crippen molar-refractivity contribution in [2.75, 3.05) is 62.4 Å². The van der Waals surface area contributed by atoms with Gasteiger partial charge in [-0.25, -0.2) is 13.8 Å². The van der Waals surface area contributed by atoms with Gasteiger partial charge in [0.25, 0.3) is 12.3 Å². The van der Waals surface area contributed by atoms with Crippen LogP contribution in [0.3, 0.4) is 0 Å². The third-order valence-electron chi connectivity index (χ3n) is 5.56. The predicted molar refractivity (Wildman–Crippen MR) is 114 cm³/mol. The summed E-state index contributed by atoms with van der Waals surface area (Å²) in [6.45, 7) is 4.26. The number of aromatic nitrogens is 5. The average Bonchev–Trinajstić information content (AvgIpc) is 3.25.